The van der Waals surface area contributed by atoms with E-state index in [9.17, 15) is 24.3 Å². The van der Waals surface area contributed by atoms with E-state index in [1.54, 1.807) is 23.8 Å². The predicted octanol–water partition coefficient (Wildman–Crippen LogP) is 3.33. The second-order valence-electron chi connectivity index (χ2n) is 14.9. The molecule has 0 aromatic rings. The highest BCUT2D eigenvalue weighted by Crippen LogP contribution is 2.27. The molecule has 0 aromatic heterocycles. The fraction of sp³-hybridized carbons (Fsp3) is 0.824. The van der Waals surface area contributed by atoms with Gasteiger partial charge in [0.15, 0.2) is 0 Å². The first-order valence-electron chi connectivity index (χ1n) is 16.7. The number of carbonyl (C=O) groups is 4. The van der Waals surface area contributed by atoms with Gasteiger partial charge >= 0.3 is 0 Å². The van der Waals surface area contributed by atoms with Crippen molar-refractivity contribution in [1.29, 1.82) is 0 Å². The van der Waals surface area contributed by atoms with Gasteiger partial charge < -0.3 is 25.5 Å². The summed E-state index contributed by atoms with van der Waals surface area (Å²) in [5.74, 6) is -0.730. The van der Waals surface area contributed by atoms with Crippen molar-refractivity contribution in [3.63, 3.8) is 0 Å². The number of aliphatic hydroxyl groups is 1. The Morgan fingerprint density at radius 1 is 0.886 bits per heavy atom. The largest absolute Gasteiger partial charge is 0.394 e. The molecule has 2 aliphatic rings. The lowest BCUT2D eigenvalue weighted by molar-refractivity contribution is -0.142. The fourth-order valence-corrected chi connectivity index (χ4v) is 6.38. The van der Waals surface area contributed by atoms with Gasteiger partial charge in [-0.25, -0.2) is 0 Å². The SMILES string of the molecule is CC(=C[C@H](C(C)C)N(C)C(=O)[C@@H](NC(=O)C1CCCCN1C(C)C)C(C)(C)C)C(=O)N1CCC[C@H]1C(=O)N[C@@H](CO)C(C)C. The van der Waals surface area contributed by atoms with E-state index in [0.29, 0.717) is 18.5 Å². The number of carbonyl (C=O) groups excluding carboxylic acids is 4. The molecule has 2 aliphatic heterocycles. The van der Waals surface area contributed by atoms with Gasteiger partial charge in [-0.15, -0.1) is 0 Å². The van der Waals surface area contributed by atoms with Crippen LogP contribution in [0.1, 0.15) is 101 Å². The van der Waals surface area contributed by atoms with Gasteiger partial charge in [0, 0.05) is 25.2 Å². The quantitative estimate of drug-likeness (QED) is 0.288. The van der Waals surface area contributed by atoms with E-state index in [1.807, 2.05) is 54.5 Å². The molecule has 2 fully saturated rings. The minimum atomic E-state index is -0.742. The number of likely N-dealkylation sites (N-methyl/N-ethyl adjacent to an activating group) is 1. The first-order chi connectivity index (χ1) is 20.4. The molecule has 3 N–H and O–H groups in total. The normalized spacial score (nSPS) is 22.2. The minimum absolute atomic E-state index is 0.00757. The van der Waals surface area contributed by atoms with Crippen molar-refractivity contribution >= 4 is 23.6 Å². The lowest BCUT2D eigenvalue weighted by Crippen LogP contribution is -2.60. The summed E-state index contributed by atoms with van der Waals surface area (Å²) in [4.78, 5) is 59.9. The number of aliphatic hydroxyl groups excluding tert-OH is 1. The molecule has 1 unspecified atom stereocenters. The summed E-state index contributed by atoms with van der Waals surface area (Å²) < 4.78 is 0. The van der Waals surface area contributed by atoms with E-state index in [0.717, 1.165) is 32.2 Å². The Bertz CT molecular complexity index is 1030. The monoisotopic (exact) mass is 619 g/mol. The van der Waals surface area contributed by atoms with Crippen LogP contribution in [0.25, 0.3) is 0 Å². The molecule has 0 radical (unpaired) electrons. The minimum Gasteiger partial charge on any atom is -0.394 e. The van der Waals surface area contributed by atoms with Crippen molar-refractivity contribution in [1.82, 2.24) is 25.3 Å². The van der Waals surface area contributed by atoms with Gasteiger partial charge in [0.05, 0.1) is 24.7 Å². The lowest BCUT2D eigenvalue weighted by atomic mass is 9.84. The average molecular weight is 620 g/mol. The zero-order valence-corrected chi connectivity index (χ0v) is 29.3. The van der Waals surface area contributed by atoms with Gasteiger partial charge in [0.1, 0.15) is 12.1 Å². The molecule has 0 bridgehead atoms. The van der Waals surface area contributed by atoms with Gasteiger partial charge in [-0.1, -0.05) is 61.0 Å². The number of rotatable bonds is 12. The Kier molecular flexibility index (Phi) is 13.9. The van der Waals surface area contributed by atoms with E-state index < -0.39 is 23.5 Å². The Labute approximate surface area is 266 Å². The fourth-order valence-electron chi connectivity index (χ4n) is 6.38. The highest BCUT2D eigenvalue weighted by molar-refractivity contribution is 5.97. The predicted molar refractivity (Wildman–Crippen MR) is 175 cm³/mol. The van der Waals surface area contributed by atoms with E-state index in [2.05, 4.69) is 29.4 Å². The third kappa shape index (κ3) is 9.52. The van der Waals surface area contributed by atoms with Crippen LogP contribution >= 0.6 is 0 Å². The third-order valence-electron chi connectivity index (χ3n) is 9.29. The van der Waals surface area contributed by atoms with Crippen LogP contribution in [0.3, 0.4) is 0 Å². The second kappa shape index (κ2) is 16.2. The summed E-state index contributed by atoms with van der Waals surface area (Å²) in [7, 11) is 1.74. The van der Waals surface area contributed by atoms with Crippen molar-refractivity contribution in [3.8, 4) is 0 Å². The molecule has 252 valence electrons. The maximum absolute atomic E-state index is 14.1. The number of hydrogen-bond acceptors (Lipinski definition) is 6. The number of amides is 4. The first kappa shape index (κ1) is 37.7. The van der Waals surface area contributed by atoms with Crippen molar-refractivity contribution in [2.45, 2.75) is 138 Å². The summed E-state index contributed by atoms with van der Waals surface area (Å²) in [6.07, 6.45) is 5.94. The molecule has 0 aliphatic carbocycles. The van der Waals surface area contributed by atoms with Gasteiger partial charge in [-0.2, -0.15) is 0 Å². The molecule has 2 heterocycles. The zero-order valence-electron chi connectivity index (χ0n) is 29.3. The molecule has 44 heavy (non-hydrogen) atoms. The summed E-state index contributed by atoms with van der Waals surface area (Å²) in [6.45, 7) is 20.9. The van der Waals surface area contributed by atoms with Gasteiger partial charge in [-0.05, 0) is 70.3 Å². The third-order valence-corrected chi connectivity index (χ3v) is 9.29. The van der Waals surface area contributed by atoms with E-state index >= 15 is 0 Å². The number of likely N-dealkylation sites (tertiary alicyclic amines) is 2. The molecule has 2 saturated heterocycles. The summed E-state index contributed by atoms with van der Waals surface area (Å²) in [5.41, 5.74) is -0.0655. The van der Waals surface area contributed by atoms with E-state index in [-0.39, 0.29) is 60.2 Å². The maximum atomic E-state index is 14.1. The smallest absolute Gasteiger partial charge is 0.249 e. The zero-order chi connectivity index (χ0) is 33.5. The number of nitrogens with zero attached hydrogens (tertiary/aromatic N) is 3. The number of hydrogen-bond donors (Lipinski definition) is 3. The van der Waals surface area contributed by atoms with Crippen LogP contribution in [-0.4, -0.2) is 106 Å². The average Bonchev–Trinajstić information content (AvgIpc) is 3.45. The molecular weight excluding hydrogens is 558 g/mol. The Morgan fingerprint density at radius 3 is 2.00 bits per heavy atom. The molecule has 0 spiro atoms. The summed E-state index contributed by atoms with van der Waals surface area (Å²) in [6, 6.07) is -2.13. The molecule has 5 atom stereocenters. The van der Waals surface area contributed by atoms with Crippen molar-refractivity contribution in [2.75, 3.05) is 26.7 Å². The molecule has 10 heteroatoms. The van der Waals surface area contributed by atoms with Crippen molar-refractivity contribution < 1.29 is 24.3 Å². The summed E-state index contributed by atoms with van der Waals surface area (Å²) in [5, 5.41) is 15.7. The van der Waals surface area contributed by atoms with Crippen molar-refractivity contribution in [2.24, 2.45) is 17.3 Å². The Hall–Kier alpha value is -2.46. The van der Waals surface area contributed by atoms with E-state index in [1.165, 1.54) is 0 Å². The molecule has 0 aromatic carbocycles. The standard InChI is InChI=1S/C34H61N5O5/c1-21(2)25(20-40)35-30(41)27-16-14-18-39(27)32(43)24(7)19-28(22(3)4)37(11)33(44)29(34(8,9)10)36-31(42)26-15-12-13-17-38(26)23(5)6/h19,21-23,25-29,40H,12-18,20H2,1-11H3,(H,35,41)(H,36,42)/t25-,26?,27-,28+,29+/m0/s1. The molecular formula is C34H61N5O5. The second-order valence-corrected chi connectivity index (χ2v) is 14.9. The van der Waals surface area contributed by atoms with Crippen molar-refractivity contribution in [3.05, 3.63) is 11.6 Å². The van der Waals surface area contributed by atoms with Crippen LogP contribution in [0.2, 0.25) is 0 Å². The van der Waals surface area contributed by atoms with Gasteiger partial charge in [-0.3, -0.25) is 24.1 Å². The first-order valence-corrected chi connectivity index (χ1v) is 16.7. The topological polar surface area (TPSA) is 122 Å². The summed E-state index contributed by atoms with van der Waals surface area (Å²) >= 11 is 0. The molecule has 2 rings (SSSR count). The molecule has 10 nitrogen and oxygen atoms in total. The van der Waals surface area contributed by atoms with Crippen LogP contribution in [0, 0.1) is 17.3 Å². The van der Waals surface area contributed by atoms with Crippen LogP contribution in [-0.2, 0) is 19.2 Å². The van der Waals surface area contributed by atoms with Crippen LogP contribution in [0.15, 0.2) is 11.6 Å². The van der Waals surface area contributed by atoms with Crippen LogP contribution < -0.4 is 10.6 Å². The van der Waals surface area contributed by atoms with Gasteiger partial charge in [0.25, 0.3) is 0 Å². The number of piperidine rings is 1. The Morgan fingerprint density at radius 2 is 1.48 bits per heavy atom. The Balaban J connectivity index is 2.26. The highest BCUT2D eigenvalue weighted by atomic mass is 16.3. The number of nitrogens with one attached hydrogen (secondary N) is 2. The van der Waals surface area contributed by atoms with Crippen LogP contribution in [0.5, 0.6) is 0 Å². The van der Waals surface area contributed by atoms with Crippen LogP contribution in [0.4, 0.5) is 0 Å². The lowest BCUT2D eigenvalue weighted by Gasteiger charge is -2.41. The maximum Gasteiger partial charge on any atom is 0.249 e. The molecule has 0 saturated carbocycles. The van der Waals surface area contributed by atoms with Gasteiger partial charge in [0.2, 0.25) is 23.6 Å². The molecule has 4 amide bonds. The highest BCUT2D eigenvalue weighted by Gasteiger charge is 2.40. The van der Waals surface area contributed by atoms with E-state index in [4.69, 9.17) is 0 Å².